The monoisotopic (exact) mass is 391 g/mol. The summed E-state index contributed by atoms with van der Waals surface area (Å²) >= 11 is 0. The number of aryl methyl sites for hydroxylation is 1. The summed E-state index contributed by atoms with van der Waals surface area (Å²) < 4.78 is 39.5. The zero-order valence-electron chi connectivity index (χ0n) is 14.5. The smallest absolute Gasteiger partial charge is 0.225 e. The van der Waals surface area contributed by atoms with Gasteiger partial charge in [0, 0.05) is 30.6 Å². The van der Waals surface area contributed by atoms with Crippen LogP contribution in [0.3, 0.4) is 0 Å². The molecule has 2 aromatic heterocycles. The minimum atomic E-state index is -1.54. The molecule has 1 amide bonds. The Balaban J connectivity index is 1.71. The predicted octanol–water partition coefficient (Wildman–Crippen LogP) is 2.39. The number of anilines is 1. The van der Waals surface area contributed by atoms with Crippen molar-refractivity contribution in [3.8, 4) is 11.3 Å². The molecule has 146 valence electrons. The standard InChI is InChI=1S/C18H16F3N5O2/c19-13-7-10(8-14(20)16(13)21)1-2-15(28)24-18-12(4-6-27)17(25-26-18)11-3-5-22-23-9-11/h3,5,7-9,27H,1-2,4,6H2,(H2,24,25,26,28). The predicted molar refractivity (Wildman–Crippen MR) is 93.7 cm³/mol. The lowest BCUT2D eigenvalue weighted by Crippen LogP contribution is -2.14. The number of amides is 1. The van der Waals surface area contributed by atoms with E-state index in [0.717, 1.165) is 12.1 Å². The molecule has 0 saturated carbocycles. The van der Waals surface area contributed by atoms with Gasteiger partial charge in [-0.25, -0.2) is 13.2 Å². The van der Waals surface area contributed by atoms with Crippen molar-refractivity contribution in [3.05, 3.63) is 59.2 Å². The van der Waals surface area contributed by atoms with Gasteiger partial charge in [-0.05, 0) is 30.2 Å². The molecule has 1 aromatic carbocycles. The molecule has 10 heteroatoms. The van der Waals surface area contributed by atoms with Crippen LogP contribution in [0.2, 0.25) is 0 Å². The van der Waals surface area contributed by atoms with Crippen LogP contribution in [-0.4, -0.2) is 38.0 Å². The number of H-pyrrole nitrogens is 1. The lowest BCUT2D eigenvalue weighted by Gasteiger charge is -2.07. The van der Waals surface area contributed by atoms with Crippen molar-refractivity contribution >= 4 is 11.7 Å². The van der Waals surface area contributed by atoms with Gasteiger partial charge in [-0.3, -0.25) is 9.89 Å². The fourth-order valence-corrected chi connectivity index (χ4v) is 2.71. The Bertz CT molecular complexity index is 956. The first-order chi connectivity index (χ1) is 13.5. The van der Waals surface area contributed by atoms with Crippen LogP contribution in [0.15, 0.2) is 30.6 Å². The van der Waals surface area contributed by atoms with Crippen molar-refractivity contribution in [2.75, 3.05) is 11.9 Å². The molecule has 0 atom stereocenters. The van der Waals surface area contributed by atoms with Crippen molar-refractivity contribution in [2.24, 2.45) is 0 Å². The molecule has 0 saturated heterocycles. The maximum absolute atomic E-state index is 13.3. The second kappa shape index (κ2) is 8.61. The van der Waals surface area contributed by atoms with Crippen LogP contribution in [0.1, 0.15) is 17.5 Å². The summed E-state index contributed by atoms with van der Waals surface area (Å²) in [6, 6.07) is 3.41. The molecule has 0 unspecified atom stereocenters. The summed E-state index contributed by atoms with van der Waals surface area (Å²) in [5, 5.41) is 26.2. The van der Waals surface area contributed by atoms with Gasteiger partial charge in [0.05, 0.1) is 18.1 Å². The van der Waals surface area contributed by atoms with Crippen LogP contribution >= 0.6 is 0 Å². The molecule has 0 bridgehead atoms. The summed E-state index contributed by atoms with van der Waals surface area (Å²) in [6.07, 6.45) is 3.16. The molecule has 0 fully saturated rings. The highest BCUT2D eigenvalue weighted by atomic mass is 19.2. The van der Waals surface area contributed by atoms with E-state index >= 15 is 0 Å². The van der Waals surface area contributed by atoms with E-state index in [-0.39, 0.29) is 37.3 Å². The number of halogens is 3. The average Bonchev–Trinajstić information content (AvgIpc) is 3.07. The third kappa shape index (κ3) is 4.34. The highest BCUT2D eigenvalue weighted by Gasteiger charge is 2.17. The molecular formula is C18H16F3N5O2. The minimum absolute atomic E-state index is 0.0147. The Kier molecular flexibility index (Phi) is 5.99. The number of aromatic amines is 1. The van der Waals surface area contributed by atoms with Gasteiger partial charge in [0.1, 0.15) is 0 Å². The summed E-state index contributed by atoms with van der Waals surface area (Å²) in [5.41, 5.74) is 2.01. The highest BCUT2D eigenvalue weighted by molar-refractivity contribution is 5.91. The van der Waals surface area contributed by atoms with Crippen molar-refractivity contribution in [2.45, 2.75) is 19.3 Å². The fraction of sp³-hybridized carbons (Fsp3) is 0.222. The quantitative estimate of drug-likeness (QED) is 0.537. The number of hydrogen-bond donors (Lipinski definition) is 3. The first-order valence-electron chi connectivity index (χ1n) is 8.38. The van der Waals surface area contributed by atoms with Gasteiger partial charge in [-0.2, -0.15) is 15.3 Å². The van der Waals surface area contributed by atoms with E-state index < -0.39 is 23.4 Å². The molecule has 3 rings (SSSR count). The van der Waals surface area contributed by atoms with Gasteiger partial charge in [0.2, 0.25) is 5.91 Å². The van der Waals surface area contributed by atoms with E-state index in [4.69, 9.17) is 0 Å². The van der Waals surface area contributed by atoms with E-state index in [1.807, 2.05) is 0 Å². The number of aliphatic hydroxyl groups excluding tert-OH is 1. The van der Waals surface area contributed by atoms with Crippen LogP contribution < -0.4 is 5.32 Å². The Hall–Kier alpha value is -3.27. The molecule has 0 radical (unpaired) electrons. The number of hydrogen-bond acceptors (Lipinski definition) is 5. The Morgan fingerprint density at radius 2 is 1.89 bits per heavy atom. The third-order valence-corrected chi connectivity index (χ3v) is 4.04. The first kappa shape index (κ1) is 19.5. The molecule has 3 N–H and O–H groups in total. The second-order valence-corrected chi connectivity index (χ2v) is 5.95. The van der Waals surface area contributed by atoms with E-state index in [1.54, 1.807) is 6.07 Å². The zero-order chi connectivity index (χ0) is 20.1. The minimum Gasteiger partial charge on any atom is -0.396 e. The van der Waals surface area contributed by atoms with E-state index in [2.05, 4.69) is 25.7 Å². The molecule has 2 heterocycles. The van der Waals surface area contributed by atoms with Gasteiger partial charge in [-0.15, -0.1) is 0 Å². The lowest BCUT2D eigenvalue weighted by atomic mass is 10.1. The zero-order valence-corrected chi connectivity index (χ0v) is 14.5. The van der Waals surface area contributed by atoms with Gasteiger partial charge < -0.3 is 10.4 Å². The average molecular weight is 391 g/mol. The number of nitrogens with zero attached hydrogens (tertiary/aromatic N) is 3. The van der Waals surface area contributed by atoms with E-state index in [9.17, 15) is 23.1 Å². The molecule has 28 heavy (non-hydrogen) atoms. The number of aromatic nitrogens is 4. The topological polar surface area (TPSA) is 104 Å². The summed E-state index contributed by atoms with van der Waals surface area (Å²) in [6.45, 7) is -0.165. The normalized spacial score (nSPS) is 10.9. The van der Waals surface area contributed by atoms with Gasteiger partial charge >= 0.3 is 0 Å². The van der Waals surface area contributed by atoms with Crippen molar-refractivity contribution in [1.82, 2.24) is 20.4 Å². The summed E-state index contributed by atoms with van der Waals surface area (Å²) in [4.78, 5) is 12.2. The van der Waals surface area contributed by atoms with Crippen molar-refractivity contribution < 1.29 is 23.1 Å². The summed E-state index contributed by atoms with van der Waals surface area (Å²) in [7, 11) is 0. The molecule has 0 spiro atoms. The molecular weight excluding hydrogens is 375 g/mol. The molecule has 7 nitrogen and oxygen atoms in total. The Morgan fingerprint density at radius 1 is 1.14 bits per heavy atom. The first-order valence-corrected chi connectivity index (χ1v) is 8.38. The van der Waals surface area contributed by atoms with Crippen LogP contribution in [-0.2, 0) is 17.6 Å². The molecule has 0 aliphatic carbocycles. The van der Waals surface area contributed by atoms with Crippen molar-refractivity contribution in [1.29, 1.82) is 0 Å². The highest BCUT2D eigenvalue weighted by Crippen LogP contribution is 2.26. The van der Waals surface area contributed by atoms with Crippen LogP contribution in [0, 0.1) is 17.5 Å². The van der Waals surface area contributed by atoms with E-state index in [1.165, 1.54) is 12.4 Å². The molecule has 0 aliphatic rings. The van der Waals surface area contributed by atoms with Gasteiger partial charge in [0.25, 0.3) is 0 Å². The fourth-order valence-electron chi connectivity index (χ4n) is 2.71. The second-order valence-electron chi connectivity index (χ2n) is 5.95. The number of carbonyl (C=O) groups is 1. The van der Waals surface area contributed by atoms with E-state index in [0.29, 0.717) is 16.8 Å². The number of carbonyl (C=O) groups excluding carboxylic acids is 1. The molecule has 0 aliphatic heterocycles. The Labute approximate surface area is 157 Å². The largest absolute Gasteiger partial charge is 0.396 e. The van der Waals surface area contributed by atoms with Crippen molar-refractivity contribution in [3.63, 3.8) is 0 Å². The van der Waals surface area contributed by atoms with Crippen LogP contribution in [0.25, 0.3) is 11.3 Å². The lowest BCUT2D eigenvalue weighted by molar-refractivity contribution is -0.116. The number of nitrogens with one attached hydrogen (secondary N) is 2. The van der Waals surface area contributed by atoms with Crippen LogP contribution in [0.5, 0.6) is 0 Å². The van der Waals surface area contributed by atoms with Gasteiger partial charge in [-0.1, -0.05) is 0 Å². The maximum atomic E-state index is 13.3. The number of rotatable bonds is 7. The SMILES string of the molecule is O=C(CCc1cc(F)c(F)c(F)c1)Nc1n[nH]c(-c2ccnnc2)c1CCO. The Morgan fingerprint density at radius 3 is 2.54 bits per heavy atom. The maximum Gasteiger partial charge on any atom is 0.225 e. The van der Waals surface area contributed by atoms with Crippen LogP contribution in [0.4, 0.5) is 19.0 Å². The summed E-state index contributed by atoms with van der Waals surface area (Å²) in [5.74, 6) is -4.36. The van der Waals surface area contributed by atoms with Gasteiger partial charge in [0.15, 0.2) is 23.3 Å². The number of aliphatic hydroxyl groups is 1. The molecule has 3 aromatic rings. The number of benzene rings is 1. The third-order valence-electron chi connectivity index (χ3n) is 4.04.